The maximum Gasteiger partial charge on any atom is 0.230 e. The number of rotatable bonds is 10. The van der Waals surface area contributed by atoms with Gasteiger partial charge in [-0.1, -0.05) is 27.7 Å². The summed E-state index contributed by atoms with van der Waals surface area (Å²) in [6.07, 6.45) is 0. The highest BCUT2D eigenvalue weighted by Gasteiger charge is 2.20. The zero-order valence-electron chi connectivity index (χ0n) is 12.9. The molecule has 19 heavy (non-hydrogen) atoms. The van der Waals surface area contributed by atoms with Gasteiger partial charge in [0.1, 0.15) is 0 Å². The van der Waals surface area contributed by atoms with Crippen molar-refractivity contribution in [1.29, 1.82) is 0 Å². The highest BCUT2D eigenvalue weighted by atomic mass is 32.2. The molecule has 0 rings (SSSR count). The lowest BCUT2D eigenvalue weighted by Crippen LogP contribution is -2.44. The fourth-order valence-electron chi connectivity index (χ4n) is 1.85. The molecule has 0 aliphatic heterocycles. The zero-order valence-corrected chi connectivity index (χ0v) is 13.7. The number of Topliss-reactive ketones (excluding diaryl/α,β-unsaturated/α-hetero) is 1. The highest BCUT2D eigenvalue weighted by molar-refractivity contribution is 7.99. The van der Waals surface area contributed by atoms with Gasteiger partial charge in [0.25, 0.3) is 0 Å². The van der Waals surface area contributed by atoms with Crippen LogP contribution in [0, 0.1) is 5.92 Å². The van der Waals surface area contributed by atoms with Gasteiger partial charge in [-0.25, -0.2) is 0 Å². The highest BCUT2D eigenvalue weighted by Crippen LogP contribution is 2.05. The molecule has 112 valence electrons. The molecule has 0 aliphatic carbocycles. The summed E-state index contributed by atoms with van der Waals surface area (Å²) in [6.45, 7) is 12.8. The Morgan fingerprint density at radius 2 is 1.79 bits per heavy atom. The van der Waals surface area contributed by atoms with Crippen LogP contribution in [0.5, 0.6) is 0 Å². The molecule has 1 unspecified atom stereocenters. The van der Waals surface area contributed by atoms with Gasteiger partial charge in [-0.3, -0.25) is 9.59 Å². The second kappa shape index (κ2) is 10.3. The molecule has 0 fully saturated rings. The van der Waals surface area contributed by atoms with Crippen molar-refractivity contribution in [1.82, 2.24) is 10.2 Å². The van der Waals surface area contributed by atoms with E-state index >= 15 is 0 Å². The van der Waals surface area contributed by atoms with Crippen LogP contribution in [0.25, 0.3) is 0 Å². The molecule has 4 nitrogen and oxygen atoms in total. The number of carbonyl (C=O) groups excluding carboxylic acids is 2. The van der Waals surface area contributed by atoms with Crippen LogP contribution in [-0.2, 0) is 9.59 Å². The average molecular weight is 288 g/mol. The molecule has 1 amide bonds. The minimum absolute atomic E-state index is 0.0245. The van der Waals surface area contributed by atoms with Crippen LogP contribution in [0.2, 0.25) is 0 Å². The quantitative estimate of drug-likeness (QED) is 0.623. The molecule has 0 heterocycles. The van der Waals surface area contributed by atoms with Gasteiger partial charge in [0.05, 0.1) is 11.8 Å². The first-order valence-electron chi connectivity index (χ1n) is 7.02. The summed E-state index contributed by atoms with van der Waals surface area (Å²) in [7, 11) is 0. The second-order valence-electron chi connectivity index (χ2n) is 4.98. The van der Waals surface area contributed by atoms with Crippen molar-refractivity contribution in [2.45, 2.75) is 40.7 Å². The lowest BCUT2D eigenvalue weighted by atomic mass is 10.0. The van der Waals surface area contributed by atoms with Gasteiger partial charge < -0.3 is 10.2 Å². The van der Waals surface area contributed by atoms with Crippen LogP contribution < -0.4 is 5.32 Å². The van der Waals surface area contributed by atoms with E-state index < -0.39 is 0 Å². The SMILES string of the molecule is CCN(CC)CCSCC(=O)NC(C(C)=O)C(C)C. The zero-order chi connectivity index (χ0) is 14.8. The standard InChI is InChI=1S/C14H28N2O2S/c1-6-16(7-2)8-9-19-10-13(18)15-14(11(3)4)12(5)17/h11,14H,6-10H2,1-5H3,(H,15,18). The van der Waals surface area contributed by atoms with Gasteiger partial charge in [-0.15, -0.1) is 0 Å². The number of carbonyl (C=O) groups is 2. The van der Waals surface area contributed by atoms with Crippen LogP contribution >= 0.6 is 11.8 Å². The number of ketones is 1. The third-order valence-electron chi connectivity index (χ3n) is 3.10. The Balaban J connectivity index is 3.89. The lowest BCUT2D eigenvalue weighted by molar-refractivity contribution is -0.126. The molecular formula is C14H28N2O2S. The van der Waals surface area contributed by atoms with Crippen LogP contribution in [0.3, 0.4) is 0 Å². The van der Waals surface area contributed by atoms with E-state index in [9.17, 15) is 9.59 Å². The van der Waals surface area contributed by atoms with Gasteiger partial charge in [0.2, 0.25) is 5.91 Å². The van der Waals surface area contributed by atoms with E-state index in [0.29, 0.717) is 5.75 Å². The van der Waals surface area contributed by atoms with Gasteiger partial charge in [-0.2, -0.15) is 11.8 Å². The Hall–Kier alpha value is -0.550. The van der Waals surface area contributed by atoms with Crippen molar-refractivity contribution < 1.29 is 9.59 Å². The van der Waals surface area contributed by atoms with Gasteiger partial charge in [0, 0.05) is 12.3 Å². The monoisotopic (exact) mass is 288 g/mol. The fourth-order valence-corrected chi connectivity index (χ4v) is 2.65. The summed E-state index contributed by atoms with van der Waals surface area (Å²) < 4.78 is 0. The van der Waals surface area contributed by atoms with E-state index in [1.807, 2.05) is 13.8 Å². The summed E-state index contributed by atoms with van der Waals surface area (Å²) in [5, 5.41) is 2.81. The van der Waals surface area contributed by atoms with Crippen molar-refractivity contribution in [2.24, 2.45) is 5.92 Å². The summed E-state index contributed by atoms with van der Waals surface area (Å²) in [4.78, 5) is 25.5. The predicted octanol–water partition coefficient (Wildman–Crippen LogP) is 1.79. The smallest absolute Gasteiger partial charge is 0.230 e. The molecule has 0 spiro atoms. The molecule has 0 saturated heterocycles. The van der Waals surface area contributed by atoms with Crippen LogP contribution in [0.4, 0.5) is 0 Å². The lowest BCUT2D eigenvalue weighted by Gasteiger charge is -2.20. The van der Waals surface area contributed by atoms with Crippen LogP contribution in [-0.4, -0.2) is 53.8 Å². The number of nitrogens with one attached hydrogen (secondary N) is 1. The first-order valence-corrected chi connectivity index (χ1v) is 8.17. The number of nitrogens with zero attached hydrogens (tertiary/aromatic N) is 1. The third-order valence-corrected chi connectivity index (χ3v) is 4.04. The van der Waals surface area contributed by atoms with E-state index in [1.165, 1.54) is 6.92 Å². The molecule has 0 aromatic carbocycles. The van der Waals surface area contributed by atoms with Crippen LogP contribution in [0.15, 0.2) is 0 Å². The maximum absolute atomic E-state index is 11.7. The van der Waals surface area contributed by atoms with Gasteiger partial charge >= 0.3 is 0 Å². The van der Waals surface area contributed by atoms with Gasteiger partial charge in [0.15, 0.2) is 5.78 Å². The Kier molecular flexibility index (Phi) is 9.97. The Labute approximate surface area is 121 Å². The summed E-state index contributed by atoms with van der Waals surface area (Å²) >= 11 is 1.62. The Morgan fingerprint density at radius 1 is 1.21 bits per heavy atom. The summed E-state index contributed by atoms with van der Waals surface area (Å²) in [5.41, 5.74) is 0. The van der Waals surface area contributed by atoms with Crippen molar-refractivity contribution in [3.63, 3.8) is 0 Å². The Morgan fingerprint density at radius 3 is 2.21 bits per heavy atom. The molecule has 1 N–H and O–H groups in total. The normalized spacial score (nSPS) is 12.8. The largest absolute Gasteiger partial charge is 0.345 e. The molecule has 0 saturated carbocycles. The summed E-state index contributed by atoms with van der Waals surface area (Å²) in [6, 6.07) is -0.351. The fraction of sp³-hybridized carbons (Fsp3) is 0.857. The third kappa shape index (κ3) is 8.26. The maximum atomic E-state index is 11.7. The molecule has 0 aromatic rings. The molecule has 0 aromatic heterocycles. The number of hydrogen-bond donors (Lipinski definition) is 1. The van der Waals surface area contributed by atoms with E-state index in [-0.39, 0.29) is 23.7 Å². The van der Waals surface area contributed by atoms with Crippen LogP contribution in [0.1, 0.15) is 34.6 Å². The Bertz CT molecular complexity index is 279. The summed E-state index contributed by atoms with van der Waals surface area (Å²) in [5.74, 6) is 1.50. The number of amides is 1. The molecule has 0 bridgehead atoms. The molecule has 0 radical (unpaired) electrons. The van der Waals surface area contributed by atoms with E-state index in [4.69, 9.17) is 0 Å². The average Bonchev–Trinajstić information content (AvgIpc) is 2.35. The predicted molar refractivity (Wildman–Crippen MR) is 82.6 cm³/mol. The minimum Gasteiger partial charge on any atom is -0.345 e. The van der Waals surface area contributed by atoms with Crippen molar-refractivity contribution in [2.75, 3.05) is 31.1 Å². The molecular weight excluding hydrogens is 260 g/mol. The van der Waals surface area contributed by atoms with E-state index in [2.05, 4.69) is 24.1 Å². The minimum atomic E-state index is -0.351. The van der Waals surface area contributed by atoms with Crippen molar-refractivity contribution in [3.8, 4) is 0 Å². The van der Waals surface area contributed by atoms with E-state index in [0.717, 1.165) is 25.4 Å². The van der Waals surface area contributed by atoms with Crippen molar-refractivity contribution >= 4 is 23.5 Å². The molecule has 1 atom stereocenters. The number of hydrogen-bond acceptors (Lipinski definition) is 4. The number of thioether (sulfide) groups is 1. The van der Waals surface area contributed by atoms with E-state index in [1.54, 1.807) is 11.8 Å². The second-order valence-corrected chi connectivity index (χ2v) is 6.08. The van der Waals surface area contributed by atoms with Gasteiger partial charge in [-0.05, 0) is 25.9 Å². The molecule has 5 heteroatoms. The first-order chi connectivity index (χ1) is 8.92. The van der Waals surface area contributed by atoms with Crippen molar-refractivity contribution in [3.05, 3.63) is 0 Å². The molecule has 0 aliphatic rings. The first kappa shape index (κ1) is 18.4. The topological polar surface area (TPSA) is 49.4 Å².